The van der Waals surface area contributed by atoms with E-state index in [1.165, 1.54) is 60.0 Å². The standard InChI is InChI=1S/C19H26N2OS/c1-23-17-4-5-19-18(12-17)14(13-20-19)11-16-3-2-8-21(16)15-6-9-22-10-7-15/h4-5,12-13,15-16,20H,2-3,6-11H2,1H3/t16-/m1/s1. The van der Waals surface area contributed by atoms with E-state index in [0.29, 0.717) is 6.04 Å². The lowest BCUT2D eigenvalue weighted by Crippen LogP contribution is -2.43. The van der Waals surface area contributed by atoms with E-state index in [2.05, 4.69) is 40.5 Å². The minimum atomic E-state index is 0.704. The van der Waals surface area contributed by atoms with Crippen LogP contribution in [0.15, 0.2) is 29.3 Å². The molecule has 0 aliphatic carbocycles. The predicted octanol–water partition coefficient (Wildman–Crippen LogP) is 4.08. The molecule has 2 fully saturated rings. The highest BCUT2D eigenvalue weighted by Crippen LogP contribution is 2.31. The summed E-state index contributed by atoms with van der Waals surface area (Å²) in [6, 6.07) is 8.21. The van der Waals surface area contributed by atoms with Gasteiger partial charge in [0.15, 0.2) is 0 Å². The van der Waals surface area contributed by atoms with Crippen LogP contribution < -0.4 is 0 Å². The SMILES string of the molecule is CSc1ccc2[nH]cc(C[C@H]3CCCN3C3CCOCC3)c2c1. The fourth-order valence-corrected chi connectivity index (χ4v) is 4.72. The molecule has 4 rings (SSSR count). The van der Waals surface area contributed by atoms with E-state index >= 15 is 0 Å². The molecule has 3 heterocycles. The second-order valence-corrected chi connectivity index (χ2v) is 7.69. The number of rotatable bonds is 4. The molecule has 0 amide bonds. The number of likely N-dealkylation sites (tertiary alicyclic amines) is 1. The van der Waals surface area contributed by atoms with Crippen LogP contribution in [0, 0.1) is 0 Å². The second kappa shape index (κ2) is 6.88. The van der Waals surface area contributed by atoms with Crippen molar-refractivity contribution < 1.29 is 4.74 Å². The third kappa shape index (κ3) is 3.17. The molecule has 0 unspecified atom stereocenters. The number of aromatic nitrogens is 1. The number of ether oxygens (including phenoxy) is 1. The lowest BCUT2D eigenvalue weighted by molar-refractivity contribution is 0.0294. The number of hydrogen-bond donors (Lipinski definition) is 1. The molecule has 1 N–H and O–H groups in total. The quantitative estimate of drug-likeness (QED) is 0.856. The lowest BCUT2D eigenvalue weighted by atomic mass is 10.0. The van der Waals surface area contributed by atoms with Crippen molar-refractivity contribution >= 4 is 22.7 Å². The van der Waals surface area contributed by atoms with Crippen molar-refractivity contribution in [3.8, 4) is 0 Å². The van der Waals surface area contributed by atoms with Gasteiger partial charge in [0.2, 0.25) is 0 Å². The molecule has 3 nitrogen and oxygen atoms in total. The number of thioether (sulfide) groups is 1. The van der Waals surface area contributed by atoms with Gasteiger partial charge >= 0.3 is 0 Å². The van der Waals surface area contributed by atoms with E-state index in [0.717, 1.165) is 19.3 Å². The Balaban J connectivity index is 1.54. The zero-order valence-electron chi connectivity index (χ0n) is 13.9. The molecule has 1 aromatic heterocycles. The fourth-order valence-electron chi connectivity index (χ4n) is 4.28. The van der Waals surface area contributed by atoms with Crippen LogP contribution in [0.1, 0.15) is 31.2 Å². The highest BCUT2D eigenvalue weighted by molar-refractivity contribution is 7.98. The molecule has 0 bridgehead atoms. The van der Waals surface area contributed by atoms with Gasteiger partial charge in [-0.25, -0.2) is 0 Å². The second-order valence-electron chi connectivity index (χ2n) is 6.81. The van der Waals surface area contributed by atoms with Crippen molar-refractivity contribution in [2.75, 3.05) is 26.0 Å². The van der Waals surface area contributed by atoms with Crippen LogP contribution in [0.25, 0.3) is 10.9 Å². The third-order valence-electron chi connectivity index (χ3n) is 5.51. The van der Waals surface area contributed by atoms with E-state index in [9.17, 15) is 0 Å². The molecule has 2 aliphatic rings. The molecule has 124 valence electrons. The number of aromatic amines is 1. The first-order valence-electron chi connectivity index (χ1n) is 8.82. The van der Waals surface area contributed by atoms with Crippen LogP contribution in [0.2, 0.25) is 0 Å². The Kier molecular flexibility index (Phi) is 4.65. The highest BCUT2D eigenvalue weighted by Gasteiger charge is 2.32. The maximum Gasteiger partial charge on any atom is 0.0480 e. The van der Waals surface area contributed by atoms with Crippen molar-refractivity contribution in [1.29, 1.82) is 0 Å². The molecule has 2 saturated heterocycles. The number of fused-ring (bicyclic) bond motifs is 1. The smallest absolute Gasteiger partial charge is 0.0480 e. The van der Waals surface area contributed by atoms with Crippen LogP contribution in [0.4, 0.5) is 0 Å². The van der Waals surface area contributed by atoms with E-state index in [1.54, 1.807) is 0 Å². The molecule has 23 heavy (non-hydrogen) atoms. The van der Waals surface area contributed by atoms with Crippen LogP contribution in [-0.4, -0.2) is 48.0 Å². The molecule has 2 aliphatic heterocycles. The molecule has 4 heteroatoms. The minimum Gasteiger partial charge on any atom is -0.381 e. The summed E-state index contributed by atoms with van der Waals surface area (Å²) in [5.74, 6) is 0. The zero-order chi connectivity index (χ0) is 15.6. The normalized spacial score (nSPS) is 23.8. The van der Waals surface area contributed by atoms with Crippen molar-refractivity contribution in [3.63, 3.8) is 0 Å². The van der Waals surface area contributed by atoms with Crippen molar-refractivity contribution in [3.05, 3.63) is 30.0 Å². The number of nitrogens with one attached hydrogen (secondary N) is 1. The van der Waals surface area contributed by atoms with Crippen LogP contribution in [0.5, 0.6) is 0 Å². The first kappa shape index (κ1) is 15.6. The Hall–Kier alpha value is -0.970. The molecule has 0 radical (unpaired) electrons. The number of H-pyrrole nitrogens is 1. The van der Waals surface area contributed by atoms with Crippen LogP contribution >= 0.6 is 11.8 Å². The van der Waals surface area contributed by atoms with Gasteiger partial charge in [-0.15, -0.1) is 11.8 Å². The molecular formula is C19H26N2OS. The van der Waals surface area contributed by atoms with Gasteiger partial charge in [-0.2, -0.15) is 0 Å². The third-order valence-corrected chi connectivity index (χ3v) is 6.24. The predicted molar refractivity (Wildman–Crippen MR) is 97.4 cm³/mol. The maximum atomic E-state index is 5.55. The summed E-state index contributed by atoms with van der Waals surface area (Å²) >= 11 is 1.82. The Morgan fingerprint density at radius 1 is 1.26 bits per heavy atom. The Labute approximate surface area is 142 Å². The van der Waals surface area contributed by atoms with Gasteiger partial charge in [0.1, 0.15) is 0 Å². The van der Waals surface area contributed by atoms with Gasteiger partial charge in [0.25, 0.3) is 0 Å². The van der Waals surface area contributed by atoms with E-state index in [1.807, 2.05) is 11.8 Å². The van der Waals surface area contributed by atoms with Gasteiger partial charge in [0, 0.05) is 47.3 Å². The summed E-state index contributed by atoms with van der Waals surface area (Å²) in [5.41, 5.74) is 2.76. The summed E-state index contributed by atoms with van der Waals surface area (Å²) < 4.78 is 5.55. The van der Waals surface area contributed by atoms with Gasteiger partial charge in [0.05, 0.1) is 0 Å². The highest BCUT2D eigenvalue weighted by atomic mass is 32.2. The average molecular weight is 330 g/mol. The zero-order valence-corrected chi connectivity index (χ0v) is 14.7. The number of benzene rings is 1. The van der Waals surface area contributed by atoms with Crippen molar-refractivity contribution in [2.24, 2.45) is 0 Å². The largest absolute Gasteiger partial charge is 0.381 e. The molecule has 1 atom stereocenters. The average Bonchev–Trinajstić information content (AvgIpc) is 3.23. The summed E-state index contributed by atoms with van der Waals surface area (Å²) in [7, 11) is 0. The maximum absolute atomic E-state index is 5.55. The fraction of sp³-hybridized carbons (Fsp3) is 0.579. The summed E-state index contributed by atoms with van der Waals surface area (Å²) in [5, 5.41) is 1.41. The van der Waals surface area contributed by atoms with Gasteiger partial charge in [-0.1, -0.05) is 0 Å². The van der Waals surface area contributed by atoms with E-state index < -0.39 is 0 Å². The summed E-state index contributed by atoms with van der Waals surface area (Å²) in [6.07, 6.45) is 10.7. The van der Waals surface area contributed by atoms with Crippen LogP contribution in [-0.2, 0) is 11.2 Å². The Morgan fingerprint density at radius 3 is 2.96 bits per heavy atom. The lowest BCUT2D eigenvalue weighted by Gasteiger charge is -2.35. The van der Waals surface area contributed by atoms with Gasteiger partial charge in [-0.3, -0.25) is 4.90 Å². The summed E-state index contributed by atoms with van der Waals surface area (Å²) in [6.45, 7) is 3.16. The molecule has 0 spiro atoms. The van der Waals surface area contributed by atoms with Crippen molar-refractivity contribution in [2.45, 2.75) is 49.1 Å². The Bertz CT molecular complexity index is 662. The number of nitrogens with zero attached hydrogens (tertiary/aromatic N) is 1. The first-order valence-corrected chi connectivity index (χ1v) is 10.0. The molecular weight excluding hydrogens is 304 g/mol. The van der Waals surface area contributed by atoms with E-state index in [4.69, 9.17) is 4.74 Å². The van der Waals surface area contributed by atoms with Gasteiger partial charge in [-0.05, 0) is 68.7 Å². The van der Waals surface area contributed by atoms with E-state index in [-0.39, 0.29) is 0 Å². The summed E-state index contributed by atoms with van der Waals surface area (Å²) in [4.78, 5) is 7.59. The van der Waals surface area contributed by atoms with Crippen LogP contribution in [0.3, 0.4) is 0 Å². The Morgan fingerprint density at radius 2 is 2.13 bits per heavy atom. The topological polar surface area (TPSA) is 28.3 Å². The monoisotopic (exact) mass is 330 g/mol. The molecule has 0 saturated carbocycles. The van der Waals surface area contributed by atoms with Crippen molar-refractivity contribution in [1.82, 2.24) is 9.88 Å². The molecule has 1 aromatic carbocycles. The van der Waals surface area contributed by atoms with Gasteiger partial charge < -0.3 is 9.72 Å². The minimum absolute atomic E-state index is 0.704. The number of hydrogen-bond acceptors (Lipinski definition) is 3. The molecule has 2 aromatic rings. The first-order chi connectivity index (χ1) is 11.3.